The van der Waals surface area contributed by atoms with Crippen LogP contribution in [0.3, 0.4) is 0 Å². The molecular formula is C41H75NO9. The molecule has 8 atom stereocenters. The smallest absolute Gasteiger partial charge is 0.249 e. The highest BCUT2D eigenvalue weighted by atomic mass is 16.7. The summed E-state index contributed by atoms with van der Waals surface area (Å²) in [5, 5.41) is 64.2. The summed E-state index contributed by atoms with van der Waals surface area (Å²) >= 11 is 0. The van der Waals surface area contributed by atoms with Gasteiger partial charge in [-0.15, -0.1) is 0 Å². The Labute approximate surface area is 309 Å². The van der Waals surface area contributed by atoms with E-state index in [1.54, 1.807) is 6.08 Å². The Morgan fingerprint density at radius 3 is 1.76 bits per heavy atom. The van der Waals surface area contributed by atoms with E-state index in [0.29, 0.717) is 12.8 Å². The predicted molar refractivity (Wildman–Crippen MR) is 204 cm³/mol. The molecule has 0 aromatic heterocycles. The Kier molecular flexibility index (Phi) is 29.6. The molecule has 0 aliphatic carbocycles. The Morgan fingerprint density at radius 2 is 1.18 bits per heavy atom. The van der Waals surface area contributed by atoms with Crippen molar-refractivity contribution in [2.75, 3.05) is 13.2 Å². The molecule has 1 aliphatic heterocycles. The molecule has 7 N–H and O–H groups in total. The van der Waals surface area contributed by atoms with Crippen molar-refractivity contribution >= 4 is 5.91 Å². The quantitative estimate of drug-likeness (QED) is 0.0311. The summed E-state index contributed by atoms with van der Waals surface area (Å²) in [5.41, 5.74) is 0. The van der Waals surface area contributed by atoms with Crippen LogP contribution in [0, 0.1) is 0 Å². The molecule has 8 unspecified atom stereocenters. The number of hydrogen-bond donors (Lipinski definition) is 7. The number of unbranched alkanes of at least 4 members (excludes halogenated alkanes) is 17. The molecule has 10 nitrogen and oxygen atoms in total. The first-order valence-corrected chi connectivity index (χ1v) is 20.3. The van der Waals surface area contributed by atoms with Gasteiger partial charge in [-0.05, 0) is 51.4 Å². The van der Waals surface area contributed by atoms with Crippen molar-refractivity contribution in [2.45, 2.75) is 204 Å². The van der Waals surface area contributed by atoms with Crippen LogP contribution in [0.15, 0.2) is 36.5 Å². The first-order valence-electron chi connectivity index (χ1n) is 20.3. The first-order chi connectivity index (χ1) is 24.8. The van der Waals surface area contributed by atoms with Crippen molar-refractivity contribution in [3.8, 4) is 0 Å². The van der Waals surface area contributed by atoms with Gasteiger partial charge in [-0.2, -0.15) is 0 Å². The third-order valence-electron chi connectivity index (χ3n) is 9.54. The lowest BCUT2D eigenvalue weighted by molar-refractivity contribution is -0.302. The molecule has 1 heterocycles. The molecule has 1 saturated heterocycles. The SMILES string of the molecule is CCCC/C=C\CCCCCC(O)C(=O)NC(COC1OC(CO)C(O)C(O)C1O)C(O)/C=C/CC/C=C/CCCCCCCCCCCCC. The molecule has 0 spiro atoms. The number of ether oxygens (including phenoxy) is 2. The van der Waals surface area contributed by atoms with Gasteiger partial charge in [0.1, 0.15) is 30.5 Å². The van der Waals surface area contributed by atoms with Crippen LogP contribution >= 0.6 is 0 Å². The summed E-state index contributed by atoms with van der Waals surface area (Å²) in [7, 11) is 0. The third kappa shape index (κ3) is 22.9. The molecule has 0 aromatic carbocycles. The summed E-state index contributed by atoms with van der Waals surface area (Å²) in [6, 6.07) is -0.999. The fourth-order valence-electron chi connectivity index (χ4n) is 6.10. The number of amides is 1. The van der Waals surface area contributed by atoms with E-state index < -0.39 is 61.5 Å². The van der Waals surface area contributed by atoms with Crippen LogP contribution in [0.2, 0.25) is 0 Å². The Balaban J connectivity index is 2.52. The van der Waals surface area contributed by atoms with Crippen LogP contribution in [0.5, 0.6) is 0 Å². The maximum atomic E-state index is 12.9. The Hall–Kier alpha value is -1.63. The minimum atomic E-state index is -1.62. The Bertz CT molecular complexity index is 912. The second kappa shape index (κ2) is 31.9. The van der Waals surface area contributed by atoms with E-state index in [0.717, 1.165) is 38.5 Å². The van der Waals surface area contributed by atoms with Crippen molar-refractivity contribution in [1.82, 2.24) is 5.32 Å². The highest BCUT2D eigenvalue weighted by molar-refractivity contribution is 5.80. The third-order valence-corrected chi connectivity index (χ3v) is 9.54. The van der Waals surface area contributed by atoms with Crippen molar-refractivity contribution in [2.24, 2.45) is 0 Å². The highest BCUT2D eigenvalue weighted by Gasteiger charge is 2.44. The van der Waals surface area contributed by atoms with Crippen LogP contribution in [0.25, 0.3) is 0 Å². The molecule has 0 aromatic rings. The number of rotatable bonds is 32. The molecule has 1 rings (SSSR count). The van der Waals surface area contributed by atoms with Gasteiger partial charge in [-0.25, -0.2) is 0 Å². The molecule has 0 bridgehead atoms. The lowest BCUT2D eigenvalue weighted by Crippen LogP contribution is -2.60. The van der Waals surface area contributed by atoms with E-state index in [-0.39, 0.29) is 13.0 Å². The van der Waals surface area contributed by atoms with E-state index in [2.05, 4.69) is 43.5 Å². The zero-order chi connectivity index (χ0) is 37.5. The maximum Gasteiger partial charge on any atom is 0.249 e. The number of nitrogens with one attached hydrogen (secondary N) is 1. The summed E-state index contributed by atoms with van der Waals surface area (Å²) in [6.07, 6.45) is 26.8. The van der Waals surface area contributed by atoms with Gasteiger partial charge in [0.15, 0.2) is 6.29 Å². The van der Waals surface area contributed by atoms with Gasteiger partial charge in [0.25, 0.3) is 0 Å². The fraction of sp³-hybridized carbons (Fsp3) is 0.829. The molecular weight excluding hydrogens is 650 g/mol. The summed E-state index contributed by atoms with van der Waals surface area (Å²) in [4.78, 5) is 12.9. The van der Waals surface area contributed by atoms with Gasteiger partial charge in [0.05, 0.1) is 25.4 Å². The molecule has 1 aliphatic rings. The number of aliphatic hydroxyl groups is 6. The molecule has 51 heavy (non-hydrogen) atoms. The fourth-order valence-corrected chi connectivity index (χ4v) is 6.10. The van der Waals surface area contributed by atoms with Crippen molar-refractivity contribution in [3.05, 3.63) is 36.5 Å². The molecule has 0 radical (unpaired) electrons. The molecule has 10 heteroatoms. The van der Waals surface area contributed by atoms with Gasteiger partial charge >= 0.3 is 0 Å². The lowest BCUT2D eigenvalue weighted by atomic mass is 9.99. The number of carbonyl (C=O) groups excluding carboxylic acids is 1. The average molecular weight is 726 g/mol. The van der Waals surface area contributed by atoms with Gasteiger partial charge in [-0.1, -0.05) is 140 Å². The van der Waals surface area contributed by atoms with Gasteiger partial charge in [0, 0.05) is 0 Å². The van der Waals surface area contributed by atoms with Crippen LogP contribution in [-0.2, 0) is 14.3 Å². The van der Waals surface area contributed by atoms with Crippen molar-refractivity contribution in [1.29, 1.82) is 0 Å². The number of hydrogen-bond acceptors (Lipinski definition) is 9. The zero-order valence-corrected chi connectivity index (χ0v) is 32.0. The standard InChI is InChI=1S/C41H75NO9/c1-3-5-7-9-11-13-14-15-16-17-18-19-20-22-23-25-27-29-34(44)33(32-50-41-39(48)38(47)37(46)36(31-43)51-41)42-40(49)35(45)30-28-26-24-21-12-10-8-6-4-2/h10,12,20,22,27,29,33-39,41,43-48H,3-9,11,13-19,21,23-26,28,30-32H2,1-2H3,(H,42,49)/b12-10-,22-20+,29-27+. The number of allylic oxidation sites excluding steroid dienone is 5. The molecule has 1 fully saturated rings. The molecule has 298 valence electrons. The number of aliphatic hydroxyl groups excluding tert-OH is 6. The Morgan fingerprint density at radius 1 is 0.667 bits per heavy atom. The van der Waals surface area contributed by atoms with Gasteiger partial charge in [-0.3, -0.25) is 4.79 Å². The topological polar surface area (TPSA) is 169 Å². The van der Waals surface area contributed by atoms with E-state index in [4.69, 9.17) is 9.47 Å². The molecule has 1 amide bonds. The second-order valence-electron chi connectivity index (χ2n) is 14.2. The van der Waals surface area contributed by atoms with Gasteiger partial charge in [0.2, 0.25) is 5.91 Å². The highest BCUT2D eigenvalue weighted by Crippen LogP contribution is 2.22. The summed E-state index contributed by atoms with van der Waals surface area (Å²) < 4.78 is 11.1. The predicted octanol–water partition coefficient (Wildman–Crippen LogP) is 6.30. The lowest BCUT2D eigenvalue weighted by Gasteiger charge is -2.40. The van der Waals surface area contributed by atoms with Crippen LogP contribution in [0.4, 0.5) is 0 Å². The van der Waals surface area contributed by atoms with E-state index in [1.165, 1.54) is 83.5 Å². The minimum absolute atomic E-state index is 0.281. The minimum Gasteiger partial charge on any atom is -0.394 e. The molecule has 0 saturated carbocycles. The van der Waals surface area contributed by atoms with Crippen LogP contribution in [-0.4, -0.2) is 98.7 Å². The normalized spacial score (nSPS) is 23.0. The van der Waals surface area contributed by atoms with E-state index >= 15 is 0 Å². The van der Waals surface area contributed by atoms with E-state index in [9.17, 15) is 35.4 Å². The van der Waals surface area contributed by atoms with Crippen LogP contribution < -0.4 is 5.32 Å². The van der Waals surface area contributed by atoms with Gasteiger partial charge < -0.3 is 45.4 Å². The average Bonchev–Trinajstić information content (AvgIpc) is 3.13. The number of carbonyl (C=O) groups is 1. The second-order valence-corrected chi connectivity index (χ2v) is 14.2. The van der Waals surface area contributed by atoms with Crippen molar-refractivity contribution < 1.29 is 44.9 Å². The van der Waals surface area contributed by atoms with Crippen molar-refractivity contribution in [3.63, 3.8) is 0 Å². The van der Waals surface area contributed by atoms with E-state index in [1.807, 2.05) is 6.08 Å². The van der Waals surface area contributed by atoms with Crippen LogP contribution in [0.1, 0.15) is 155 Å². The zero-order valence-electron chi connectivity index (χ0n) is 32.0. The summed E-state index contributed by atoms with van der Waals surface area (Å²) in [6.45, 7) is 3.49. The summed E-state index contributed by atoms with van der Waals surface area (Å²) in [5.74, 6) is -0.644. The first kappa shape index (κ1) is 47.4. The monoisotopic (exact) mass is 726 g/mol. The maximum absolute atomic E-state index is 12.9. The largest absolute Gasteiger partial charge is 0.394 e.